The molecule has 0 bridgehead atoms. The normalized spacial score (nSPS) is 12.2. The number of aromatic nitrogens is 1. The predicted octanol–water partition coefficient (Wildman–Crippen LogP) is 2.88. The Morgan fingerprint density at radius 2 is 1.89 bits per heavy atom. The number of pyridine rings is 1. The van der Waals surface area contributed by atoms with Gasteiger partial charge in [-0.05, 0) is 36.8 Å². The summed E-state index contributed by atoms with van der Waals surface area (Å²) in [6.07, 6.45) is 1.81. The second kappa shape index (κ2) is 5.80. The summed E-state index contributed by atoms with van der Waals surface area (Å²) in [7, 11) is 1.98. The van der Waals surface area contributed by atoms with Gasteiger partial charge in [0.15, 0.2) is 0 Å². The van der Waals surface area contributed by atoms with Gasteiger partial charge < -0.3 is 10.6 Å². The minimum absolute atomic E-state index is 0.0588. The van der Waals surface area contributed by atoms with Crippen LogP contribution in [-0.4, -0.2) is 12.0 Å². The van der Waals surface area contributed by atoms with E-state index in [1.165, 1.54) is 12.1 Å². The summed E-state index contributed by atoms with van der Waals surface area (Å²) in [4.78, 5) is 6.39. The molecule has 0 fully saturated rings. The molecule has 1 atom stereocenters. The standard InChI is InChI=1S/C15H18FN3/c1-11(17)15-8-7-14(9-18-15)19(2)10-12-3-5-13(16)6-4-12/h3-9,11H,10,17H2,1-2H3/t11-/m0/s1. The molecular weight excluding hydrogens is 241 g/mol. The summed E-state index contributed by atoms with van der Waals surface area (Å²) >= 11 is 0. The quantitative estimate of drug-likeness (QED) is 0.918. The fourth-order valence-corrected chi connectivity index (χ4v) is 1.85. The molecule has 0 saturated heterocycles. The van der Waals surface area contributed by atoms with Crippen molar-refractivity contribution < 1.29 is 4.39 Å². The summed E-state index contributed by atoms with van der Waals surface area (Å²) in [5.41, 5.74) is 8.70. The summed E-state index contributed by atoms with van der Waals surface area (Å²) in [5.74, 6) is -0.214. The minimum atomic E-state index is -0.214. The zero-order valence-corrected chi connectivity index (χ0v) is 11.2. The van der Waals surface area contributed by atoms with Crippen LogP contribution in [0.15, 0.2) is 42.6 Å². The van der Waals surface area contributed by atoms with Crippen molar-refractivity contribution in [2.75, 3.05) is 11.9 Å². The zero-order chi connectivity index (χ0) is 13.8. The molecule has 2 N–H and O–H groups in total. The van der Waals surface area contributed by atoms with Gasteiger partial charge in [0.2, 0.25) is 0 Å². The van der Waals surface area contributed by atoms with Gasteiger partial charge in [0.25, 0.3) is 0 Å². The number of halogens is 1. The molecule has 0 aliphatic rings. The number of rotatable bonds is 4. The number of anilines is 1. The molecule has 1 aromatic heterocycles. The number of benzene rings is 1. The second-order valence-electron chi connectivity index (χ2n) is 4.71. The first kappa shape index (κ1) is 13.5. The Balaban J connectivity index is 2.07. The molecular formula is C15H18FN3. The molecule has 4 heteroatoms. The van der Waals surface area contributed by atoms with Crippen molar-refractivity contribution in [3.8, 4) is 0 Å². The molecule has 1 aromatic carbocycles. The lowest BCUT2D eigenvalue weighted by Crippen LogP contribution is -2.17. The van der Waals surface area contributed by atoms with Crippen molar-refractivity contribution >= 4 is 5.69 Å². The fourth-order valence-electron chi connectivity index (χ4n) is 1.85. The van der Waals surface area contributed by atoms with Crippen LogP contribution in [-0.2, 0) is 6.54 Å². The third kappa shape index (κ3) is 3.51. The van der Waals surface area contributed by atoms with Gasteiger partial charge in [-0.25, -0.2) is 4.39 Å². The molecule has 2 rings (SSSR count). The SMILES string of the molecule is C[C@H](N)c1ccc(N(C)Cc2ccc(F)cc2)cn1. The lowest BCUT2D eigenvalue weighted by atomic mass is 10.2. The Morgan fingerprint density at radius 1 is 1.21 bits per heavy atom. The molecule has 1 heterocycles. The Labute approximate surface area is 112 Å². The monoisotopic (exact) mass is 259 g/mol. The number of nitrogens with two attached hydrogens (primary N) is 1. The van der Waals surface area contributed by atoms with Gasteiger partial charge in [-0.3, -0.25) is 4.98 Å². The average Bonchev–Trinajstić information content (AvgIpc) is 2.41. The fraction of sp³-hybridized carbons (Fsp3) is 0.267. The van der Waals surface area contributed by atoms with E-state index in [0.29, 0.717) is 6.54 Å². The molecule has 0 saturated carbocycles. The molecule has 2 aromatic rings. The highest BCUT2D eigenvalue weighted by Gasteiger charge is 2.05. The predicted molar refractivity (Wildman–Crippen MR) is 75.3 cm³/mol. The largest absolute Gasteiger partial charge is 0.369 e. The molecule has 0 unspecified atom stereocenters. The molecule has 0 amide bonds. The first-order chi connectivity index (χ1) is 9.06. The molecule has 0 aliphatic carbocycles. The van der Waals surface area contributed by atoms with Crippen LogP contribution in [0.1, 0.15) is 24.2 Å². The van der Waals surface area contributed by atoms with Crippen molar-refractivity contribution in [2.45, 2.75) is 19.5 Å². The van der Waals surface area contributed by atoms with Crippen LogP contribution in [0.5, 0.6) is 0 Å². The van der Waals surface area contributed by atoms with E-state index in [1.807, 2.05) is 32.3 Å². The van der Waals surface area contributed by atoms with Crippen molar-refractivity contribution in [3.63, 3.8) is 0 Å². The molecule has 0 aliphatic heterocycles. The van der Waals surface area contributed by atoms with Crippen LogP contribution in [0.4, 0.5) is 10.1 Å². The summed E-state index contributed by atoms with van der Waals surface area (Å²) < 4.78 is 12.8. The van der Waals surface area contributed by atoms with Gasteiger partial charge >= 0.3 is 0 Å². The van der Waals surface area contributed by atoms with Gasteiger partial charge in [0, 0.05) is 19.6 Å². The maximum atomic E-state index is 12.8. The van der Waals surface area contributed by atoms with Crippen LogP contribution in [0, 0.1) is 5.82 Å². The van der Waals surface area contributed by atoms with E-state index in [9.17, 15) is 4.39 Å². The average molecular weight is 259 g/mol. The minimum Gasteiger partial charge on any atom is -0.369 e. The molecule has 3 nitrogen and oxygen atoms in total. The van der Waals surface area contributed by atoms with Crippen molar-refractivity contribution in [1.29, 1.82) is 0 Å². The maximum absolute atomic E-state index is 12.8. The topological polar surface area (TPSA) is 42.1 Å². The third-order valence-electron chi connectivity index (χ3n) is 3.01. The molecule has 100 valence electrons. The molecule has 0 radical (unpaired) electrons. The first-order valence-electron chi connectivity index (χ1n) is 6.23. The van der Waals surface area contributed by atoms with E-state index >= 15 is 0 Å². The van der Waals surface area contributed by atoms with Gasteiger partial charge in [-0.15, -0.1) is 0 Å². The number of hydrogen-bond acceptors (Lipinski definition) is 3. The number of hydrogen-bond donors (Lipinski definition) is 1. The Hall–Kier alpha value is -1.94. The van der Waals surface area contributed by atoms with Crippen molar-refractivity contribution in [2.24, 2.45) is 5.73 Å². The molecule has 0 spiro atoms. The van der Waals surface area contributed by atoms with Gasteiger partial charge in [0.05, 0.1) is 17.6 Å². The van der Waals surface area contributed by atoms with Crippen molar-refractivity contribution in [1.82, 2.24) is 4.98 Å². The van der Waals surface area contributed by atoms with E-state index in [4.69, 9.17) is 5.73 Å². The Bertz CT molecular complexity index is 520. The Morgan fingerprint density at radius 3 is 2.42 bits per heavy atom. The lowest BCUT2D eigenvalue weighted by molar-refractivity contribution is 0.627. The van der Waals surface area contributed by atoms with Crippen molar-refractivity contribution in [3.05, 3.63) is 59.7 Å². The summed E-state index contributed by atoms with van der Waals surface area (Å²) in [6, 6.07) is 10.4. The van der Waals surface area contributed by atoms with Crippen LogP contribution >= 0.6 is 0 Å². The van der Waals surface area contributed by atoms with Gasteiger partial charge in [-0.1, -0.05) is 12.1 Å². The lowest BCUT2D eigenvalue weighted by Gasteiger charge is -2.19. The highest BCUT2D eigenvalue weighted by atomic mass is 19.1. The second-order valence-corrected chi connectivity index (χ2v) is 4.71. The molecule has 19 heavy (non-hydrogen) atoms. The summed E-state index contributed by atoms with van der Waals surface area (Å²) in [5, 5.41) is 0. The van der Waals surface area contributed by atoms with E-state index in [1.54, 1.807) is 12.1 Å². The van der Waals surface area contributed by atoms with E-state index in [2.05, 4.69) is 9.88 Å². The third-order valence-corrected chi connectivity index (χ3v) is 3.01. The maximum Gasteiger partial charge on any atom is 0.123 e. The Kier molecular flexibility index (Phi) is 4.12. The first-order valence-corrected chi connectivity index (χ1v) is 6.23. The van der Waals surface area contributed by atoms with Crippen LogP contribution in [0.3, 0.4) is 0 Å². The highest BCUT2D eigenvalue weighted by molar-refractivity contribution is 5.44. The van der Waals surface area contributed by atoms with Crippen LogP contribution in [0.25, 0.3) is 0 Å². The summed E-state index contributed by atoms with van der Waals surface area (Å²) in [6.45, 7) is 2.61. The van der Waals surface area contributed by atoms with Crippen LogP contribution in [0.2, 0.25) is 0 Å². The highest BCUT2D eigenvalue weighted by Crippen LogP contribution is 2.16. The van der Waals surface area contributed by atoms with Gasteiger partial charge in [0.1, 0.15) is 5.82 Å². The van der Waals surface area contributed by atoms with E-state index in [-0.39, 0.29) is 11.9 Å². The van der Waals surface area contributed by atoms with E-state index < -0.39 is 0 Å². The smallest absolute Gasteiger partial charge is 0.123 e. The van der Waals surface area contributed by atoms with Crippen LogP contribution < -0.4 is 10.6 Å². The number of nitrogens with zero attached hydrogens (tertiary/aromatic N) is 2. The zero-order valence-electron chi connectivity index (χ0n) is 11.2. The van der Waals surface area contributed by atoms with Gasteiger partial charge in [-0.2, -0.15) is 0 Å². The van der Waals surface area contributed by atoms with E-state index in [0.717, 1.165) is 16.9 Å².